The molecule has 2 amide bonds. The van der Waals surface area contributed by atoms with Gasteiger partial charge < -0.3 is 10.2 Å². The van der Waals surface area contributed by atoms with E-state index in [4.69, 9.17) is 0 Å². The number of sulfonamides is 1. The Kier molecular flexibility index (Phi) is 11.3. The predicted octanol–water partition coefficient (Wildman–Crippen LogP) is 6.06. The molecule has 4 aromatic carbocycles. The fraction of sp³-hybridized carbons (Fsp3) is 0.278. The van der Waals surface area contributed by atoms with Crippen LogP contribution in [0.4, 0.5) is 5.69 Å². The van der Waals surface area contributed by atoms with Gasteiger partial charge in [0.15, 0.2) is 0 Å². The maximum Gasteiger partial charge on any atom is 0.264 e. The maximum atomic E-state index is 14.5. The largest absolute Gasteiger partial charge is 0.354 e. The third-order valence-electron chi connectivity index (χ3n) is 7.57. The normalized spacial score (nSPS) is 11.9. The van der Waals surface area contributed by atoms with Gasteiger partial charge in [-0.25, -0.2) is 8.42 Å². The van der Waals surface area contributed by atoms with E-state index in [1.165, 1.54) is 17.0 Å². The highest BCUT2D eigenvalue weighted by atomic mass is 32.2. The first-order valence-corrected chi connectivity index (χ1v) is 16.4. The Balaban J connectivity index is 1.78. The van der Waals surface area contributed by atoms with Crippen LogP contribution in [-0.4, -0.2) is 44.3 Å². The molecule has 44 heavy (non-hydrogen) atoms. The van der Waals surface area contributed by atoms with Crippen molar-refractivity contribution in [2.45, 2.75) is 57.5 Å². The van der Waals surface area contributed by atoms with E-state index in [1.54, 1.807) is 30.3 Å². The highest BCUT2D eigenvalue weighted by Crippen LogP contribution is 2.27. The number of carbonyl (C=O) groups is 2. The summed E-state index contributed by atoms with van der Waals surface area (Å²) in [6.45, 7) is 6.02. The highest BCUT2D eigenvalue weighted by molar-refractivity contribution is 7.92. The molecule has 0 aliphatic rings. The molecule has 0 radical (unpaired) electrons. The molecule has 0 aliphatic carbocycles. The predicted molar refractivity (Wildman–Crippen MR) is 176 cm³/mol. The van der Waals surface area contributed by atoms with E-state index in [-0.39, 0.29) is 23.8 Å². The van der Waals surface area contributed by atoms with Crippen molar-refractivity contribution in [1.29, 1.82) is 0 Å². The van der Waals surface area contributed by atoms with Gasteiger partial charge in [-0.15, -0.1) is 0 Å². The molecule has 0 fully saturated rings. The monoisotopic (exact) mass is 611 g/mol. The molecule has 8 heteroatoms. The number of rotatable bonds is 14. The summed E-state index contributed by atoms with van der Waals surface area (Å²) in [7, 11) is -4.12. The minimum absolute atomic E-state index is 0.0827. The van der Waals surface area contributed by atoms with E-state index < -0.39 is 28.5 Å². The summed E-state index contributed by atoms with van der Waals surface area (Å²) in [5.41, 5.74) is 3.94. The number of hydrogen-bond acceptors (Lipinski definition) is 4. The van der Waals surface area contributed by atoms with Gasteiger partial charge in [-0.3, -0.25) is 13.9 Å². The van der Waals surface area contributed by atoms with Crippen molar-refractivity contribution in [3.8, 4) is 0 Å². The topological polar surface area (TPSA) is 86.8 Å². The van der Waals surface area contributed by atoms with Crippen LogP contribution in [-0.2, 0) is 32.6 Å². The summed E-state index contributed by atoms with van der Waals surface area (Å²) >= 11 is 0. The van der Waals surface area contributed by atoms with Crippen LogP contribution >= 0.6 is 0 Å². The Morgan fingerprint density at radius 2 is 1.39 bits per heavy atom. The van der Waals surface area contributed by atoms with E-state index in [1.807, 2.05) is 87.5 Å². The van der Waals surface area contributed by atoms with Crippen molar-refractivity contribution < 1.29 is 18.0 Å². The molecule has 0 saturated carbocycles. The summed E-state index contributed by atoms with van der Waals surface area (Å²) < 4.78 is 29.3. The Morgan fingerprint density at radius 1 is 0.773 bits per heavy atom. The lowest BCUT2D eigenvalue weighted by molar-refractivity contribution is -0.140. The summed E-state index contributed by atoms with van der Waals surface area (Å²) in [4.78, 5) is 29.9. The molecule has 0 unspecified atom stereocenters. The standard InChI is InChI=1S/C36H41N3O4S/c1-4-5-24-37-36(41)34(25-30-15-8-6-9-16-30)38(26-31-22-20-28(2)21-23-31)35(40)27-39(33-19-13-12-14-29(33)3)44(42,43)32-17-10-7-11-18-32/h6-23,34H,4-5,24-27H2,1-3H3,(H,37,41)/t34-/m0/s1. The lowest BCUT2D eigenvalue weighted by Gasteiger charge is -2.34. The number of benzene rings is 4. The number of nitrogens with one attached hydrogen (secondary N) is 1. The fourth-order valence-electron chi connectivity index (χ4n) is 5.03. The van der Waals surface area contributed by atoms with Crippen LogP contribution < -0.4 is 9.62 Å². The number of amides is 2. The summed E-state index contributed by atoms with van der Waals surface area (Å²) in [6.07, 6.45) is 2.01. The molecular weight excluding hydrogens is 570 g/mol. The van der Waals surface area contributed by atoms with Gasteiger partial charge in [-0.2, -0.15) is 0 Å². The molecule has 230 valence electrons. The number of carbonyl (C=O) groups excluding carboxylic acids is 2. The zero-order valence-electron chi connectivity index (χ0n) is 25.6. The lowest BCUT2D eigenvalue weighted by Crippen LogP contribution is -2.53. The molecular formula is C36H41N3O4S. The maximum absolute atomic E-state index is 14.5. The van der Waals surface area contributed by atoms with Gasteiger partial charge in [-0.05, 0) is 55.2 Å². The molecule has 0 bridgehead atoms. The summed E-state index contributed by atoms with van der Waals surface area (Å²) in [5, 5.41) is 3.02. The SMILES string of the molecule is CCCCNC(=O)[C@H](Cc1ccccc1)N(Cc1ccc(C)cc1)C(=O)CN(c1ccccc1C)S(=O)(=O)c1ccccc1. The Labute approximate surface area is 261 Å². The smallest absolute Gasteiger partial charge is 0.264 e. The minimum atomic E-state index is -4.12. The summed E-state index contributed by atoms with van der Waals surface area (Å²) in [5.74, 6) is -0.740. The molecule has 0 aliphatic heterocycles. The van der Waals surface area contributed by atoms with E-state index in [2.05, 4.69) is 5.32 Å². The number of hydrogen-bond donors (Lipinski definition) is 1. The quantitative estimate of drug-likeness (QED) is 0.176. The molecule has 4 rings (SSSR count). The summed E-state index contributed by atoms with van der Waals surface area (Å²) in [6, 6.07) is 31.7. The average Bonchev–Trinajstić information content (AvgIpc) is 3.03. The molecule has 1 atom stereocenters. The number of para-hydroxylation sites is 1. The second-order valence-electron chi connectivity index (χ2n) is 11.0. The first kappa shape index (κ1) is 32.5. The van der Waals surface area contributed by atoms with Crippen LogP contribution in [0.15, 0.2) is 114 Å². The van der Waals surface area contributed by atoms with Crippen LogP contribution in [0.3, 0.4) is 0 Å². The van der Waals surface area contributed by atoms with Crippen molar-refractivity contribution in [2.24, 2.45) is 0 Å². The van der Waals surface area contributed by atoms with Gasteiger partial charge in [0.25, 0.3) is 10.0 Å². The van der Waals surface area contributed by atoms with Gasteiger partial charge in [0.1, 0.15) is 12.6 Å². The van der Waals surface area contributed by atoms with Gasteiger partial charge >= 0.3 is 0 Å². The molecule has 0 spiro atoms. The highest BCUT2D eigenvalue weighted by Gasteiger charge is 2.34. The van der Waals surface area contributed by atoms with Crippen molar-refractivity contribution in [1.82, 2.24) is 10.2 Å². The van der Waals surface area contributed by atoms with E-state index in [0.717, 1.165) is 33.8 Å². The van der Waals surface area contributed by atoms with Crippen LogP contribution in [0.5, 0.6) is 0 Å². The first-order chi connectivity index (χ1) is 21.2. The molecule has 0 heterocycles. The zero-order valence-corrected chi connectivity index (χ0v) is 26.5. The number of unbranched alkanes of at least 4 members (excludes halogenated alkanes) is 1. The third-order valence-corrected chi connectivity index (χ3v) is 9.34. The number of aryl methyl sites for hydroxylation is 2. The minimum Gasteiger partial charge on any atom is -0.354 e. The van der Waals surface area contributed by atoms with Crippen molar-refractivity contribution in [3.63, 3.8) is 0 Å². The van der Waals surface area contributed by atoms with Crippen LogP contribution in [0.1, 0.15) is 42.0 Å². The van der Waals surface area contributed by atoms with E-state index in [9.17, 15) is 18.0 Å². The number of nitrogens with zero attached hydrogens (tertiary/aromatic N) is 2. The van der Waals surface area contributed by atoms with Gasteiger partial charge in [0.05, 0.1) is 10.6 Å². The Bertz CT molecular complexity index is 1630. The second kappa shape index (κ2) is 15.3. The first-order valence-electron chi connectivity index (χ1n) is 15.0. The Hall–Kier alpha value is -4.43. The molecule has 1 N–H and O–H groups in total. The third kappa shape index (κ3) is 8.35. The Morgan fingerprint density at radius 3 is 2.02 bits per heavy atom. The van der Waals surface area contributed by atoms with E-state index >= 15 is 0 Å². The molecule has 7 nitrogen and oxygen atoms in total. The zero-order chi connectivity index (χ0) is 31.5. The molecule has 0 saturated heterocycles. The fourth-order valence-corrected chi connectivity index (χ4v) is 6.53. The van der Waals surface area contributed by atoms with Gasteiger partial charge in [0, 0.05) is 19.5 Å². The van der Waals surface area contributed by atoms with Gasteiger partial charge in [-0.1, -0.05) is 110 Å². The molecule has 4 aromatic rings. The second-order valence-corrected chi connectivity index (χ2v) is 12.8. The van der Waals surface area contributed by atoms with Crippen LogP contribution in [0, 0.1) is 13.8 Å². The molecule has 0 aromatic heterocycles. The van der Waals surface area contributed by atoms with Crippen LogP contribution in [0.25, 0.3) is 0 Å². The van der Waals surface area contributed by atoms with Crippen LogP contribution in [0.2, 0.25) is 0 Å². The van der Waals surface area contributed by atoms with Gasteiger partial charge in [0.2, 0.25) is 11.8 Å². The average molecular weight is 612 g/mol. The van der Waals surface area contributed by atoms with Crippen molar-refractivity contribution >= 4 is 27.5 Å². The van der Waals surface area contributed by atoms with Crippen molar-refractivity contribution in [3.05, 3.63) is 131 Å². The van der Waals surface area contributed by atoms with E-state index in [0.29, 0.717) is 17.8 Å². The number of anilines is 1. The lowest BCUT2D eigenvalue weighted by atomic mass is 10.0. The van der Waals surface area contributed by atoms with Crippen molar-refractivity contribution in [2.75, 3.05) is 17.4 Å².